The molecule has 2 N–H and O–H groups in total. The van der Waals surface area contributed by atoms with Crippen LogP contribution in [0.2, 0.25) is 0 Å². The van der Waals surface area contributed by atoms with Gasteiger partial charge in [0, 0.05) is 0 Å². The van der Waals surface area contributed by atoms with E-state index >= 15 is 0 Å². The molecule has 2 aromatic rings. The number of fused-ring (bicyclic) bond motifs is 1. The van der Waals surface area contributed by atoms with Crippen molar-refractivity contribution < 1.29 is 22.9 Å². The van der Waals surface area contributed by atoms with Crippen LogP contribution in [0.5, 0.6) is 0 Å². The Labute approximate surface area is 97.1 Å². The SMILES string of the molecule is O=C(O)c1ccc2cc(S(=O)(=O)O)ccc2c1. The van der Waals surface area contributed by atoms with Gasteiger partial charge in [0.1, 0.15) is 0 Å². The fraction of sp³-hybridized carbons (Fsp3) is 0. The van der Waals surface area contributed by atoms with Crippen molar-refractivity contribution in [2.24, 2.45) is 0 Å². The van der Waals surface area contributed by atoms with Crippen molar-refractivity contribution in [3.63, 3.8) is 0 Å². The molecule has 0 unspecified atom stereocenters. The Morgan fingerprint density at radius 1 is 1.00 bits per heavy atom. The zero-order valence-electron chi connectivity index (χ0n) is 8.49. The third-order valence-corrected chi connectivity index (χ3v) is 3.21. The lowest BCUT2D eigenvalue weighted by molar-refractivity contribution is 0.0697. The molecule has 17 heavy (non-hydrogen) atoms. The van der Waals surface area contributed by atoms with E-state index in [0.717, 1.165) is 0 Å². The van der Waals surface area contributed by atoms with Gasteiger partial charge in [-0.1, -0.05) is 12.1 Å². The molecule has 5 nitrogen and oxygen atoms in total. The van der Waals surface area contributed by atoms with E-state index < -0.39 is 16.1 Å². The molecular weight excluding hydrogens is 244 g/mol. The lowest BCUT2D eigenvalue weighted by atomic mass is 10.1. The van der Waals surface area contributed by atoms with Crippen molar-refractivity contribution in [2.45, 2.75) is 4.90 Å². The van der Waals surface area contributed by atoms with Crippen molar-refractivity contribution in [3.05, 3.63) is 42.0 Å². The fourth-order valence-corrected chi connectivity index (χ4v) is 2.03. The molecule has 0 aliphatic rings. The minimum Gasteiger partial charge on any atom is -0.478 e. The number of rotatable bonds is 2. The molecule has 0 radical (unpaired) electrons. The predicted octanol–water partition coefficient (Wildman–Crippen LogP) is 1.78. The Morgan fingerprint density at radius 2 is 1.59 bits per heavy atom. The molecule has 0 fully saturated rings. The highest BCUT2D eigenvalue weighted by atomic mass is 32.2. The lowest BCUT2D eigenvalue weighted by Gasteiger charge is -2.02. The first-order valence-corrected chi connectivity index (χ1v) is 6.06. The van der Waals surface area contributed by atoms with Crippen LogP contribution in [-0.2, 0) is 10.1 Å². The first-order chi connectivity index (χ1) is 7.88. The molecule has 88 valence electrons. The highest BCUT2D eigenvalue weighted by molar-refractivity contribution is 7.85. The largest absolute Gasteiger partial charge is 0.478 e. The van der Waals surface area contributed by atoms with Gasteiger partial charge in [-0.2, -0.15) is 8.42 Å². The fourth-order valence-electron chi connectivity index (χ4n) is 1.52. The van der Waals surface area contributed by atoms with Crippen molar-refractivity contribution in [1.29, 1.82) is 0 Å². The van der Waals surface area contributed by atoms with Gasteiger partial charge < -0.3 is 5.11 Å². The van der Waals surface area contributed by atoms with Crippen molar-refractivity contribution in [1.82, 2.24) is 0 Å². The number of hydrogen-bond donors (Lipinski definition) is 2. The summed E-state index contributed by atoms with van der Waals surface area (Å²) in [5.74, 6) is -1.05. The third-order valence-electron chi connectivity index (χ3n) is 2.36. The van der Waals surface area contributed by atoms with Crippen LogP contribution in [0, 0.1) is 0 Å². The van der Waals surface area contributed by atoms with E-state index in [0.29, 0.717) is 10.8 Å². The van der Waals surface area contributed by atoms with Crippen molar-refractivity contribution in [3.8, 4) is 0 Å². The molecule has 0 amide bonds. The molecule has 0 aliphatic carbocycles. The maximum absolute atomic E-state index is 10.9. The van der Waals surface area contributed by atoms with Gasteiger partial charge in [-0.25, -0.2) is 4.79 Å². The molecule has 2 rings (SSSR count). The Morgan fingerprint density at radius 3 is 2.18 bits per heavy atom. The smallest absolute Gasteiger partial charge is 0.335 e. The molecule has 0 aliphatic heterocycles. The van der Waals surface area contributed by atoms with Gasteiger partial charge in [-0.15, -0.1) is 0 Å². The summed E-state index contributed by atoms with van der Waals surface area (Å²) in [5, 5.41) is 9.93. The van der Waals surface area contributed by atoms with Crippen LogP contribution in [0.25, 0.3) is 10.8 Å². The topological polar surface area (TPSA) is 91.7 Å². The second kappa shape index (κ2) is 3.83. The summed E-state index contributed by atoms with van der Waals surface area (Å²) in [7, 11) is -4.24. The predicted molar refractivity (Wildman–Crippen MR) is 60.7 cm³/mol. The summed E-state index contributed by atoms with van der Waals surface area (Å²) in [6, 6.07) is 8.27. The van der Waals surface area contributed by atoms with Gasteiger partial charge in [0.25, 0.3) is 10.1 Å². The number of carboxylic acid groups (broad SMARTS) is 1. The molecule has 0 saturated carbocycles. The Bertz CT molecular complexity index is 703. The number of hydrogen-bond acceptors (Lipinski definition) is 3. The summed E-state index contributed by atoms with van der Waals surface area (Å²) in [6.07, 6.45) is 0. The van der Waals surface area contributed by atoms with Crippen molar-refractivity contribution in [2.75, 3.05) is 0 Å². The lowest BCUT2D eigenvalue weighted by Crippen LogP contribution is -1.98. The quantitative estimate of drug-likeness (QED) is 0.795. The third kappa shape index (κ3) is 2.27. The van der Waals surface area contributed by atoms with Gasteiger partial charge in [-0.3, -0.25) is 4.55 Å². The Hall–Kier alpha value is -1.92. The van der Waals surface area contributed by atoms with Gasteiger partial charge in [-0.05, 0) is 35.0 Å². The highest BCUT2D eigenvalue weighted by Crippen LogP contribution is 2.20. The van der Waals surface area contributed by atoms with E-state index in [2.05, 4.69) is 0 Å². The van der Waals surface area contributed by atoms with Gasteiger partial charge in [0.15, 0.2) is 0 Å². The molecule has 2 aromatic carbocycles. The standard InChI is InChI=1S/C11H8O5S/c12-11(13)9-2-1-8-6-10(17(14,15)16)4-3-7(8)5-9/h1-6H,(H,12,13)(H,14,15,16). The first kappa shape index (κ1) is 11.6. The van der Waals surface area contributed by atoms with Crippen LogP contribution in [0.4, 0.5) is 0 Å². The summed E-state index contributed by atoms with van der Waals surface area (Å²) >= 11 is 0. The van der Waals surface area contributed by atoms with Crippen LogP contribution in [0.3, 0.4) is 0 Å². The van der Waals surface area contributed by atoms with Crippen molar-refractivity contribution >= 4 is 26.9 Å². The van der Waals surface area contributed by atoms with Crippen LogP contribution >= 0.6 is 0 Å². The average Bonchev–Trinajstić information content (AvgIpc) is 2.26. The van der Waals surface area contributed by atoms with E-state index in [4.69, 9.17) is 9.66 Å². The van der Waals surface area contributed by atoms with E-state index in [-0.39, 0.29) is 10.5 Å². The molecule has 0 aromatic heterocycles. The van der Waals surface area contributed by atoms with E-state index in [9.17, 15) is 13.2 Å². The average molecular weight is 252 g/mol. The molecule has 0 spiro atoms. The summed E-state index contributed by atoms with van der Waals surface area (Å²) in [4.78, 5) is 10.5. The summed E-state index contributed by atoms with van der Waals surface area (Å²) < 4.78 is 30.7. The molecule has 0 bridgehead atoms. The molecular formula is C11H8O5S. The monoisotopic (exact) mass is 252 g/mol. The minimum atomic E-state index is -4.24. The Kier molecular flexibility index (Phi) is 2.60. The summed E-state index contributed by atoms with van der Waals surface area (Å²) in [6.45, 7) is 0. The first-order valence-electron chi connectivity index (χ1n) is 4.62. The molecule has 6 heteroatoms. The van der Waals surface area contributed by atoms with Crippen LogP contribution in [-0.4, -0.2) is 24.0 Å². The zero-order chi connectivity index (χ0) is 12.6. The number of carbonyl (C=O) groups is 1. The number of aromatic carboxylic acids is 1. The minimum absolute atomic E-state index is 0.122. The van der Waals surface area contributed by atoms with E-state index in [1.807, 2.05) is 0 Å². The molecule has 0 atom stereocenters. The van der Waals surface area contributed by atoms with E-state index in [1.165, 1.54) is 36.4 Å². The van der Waals surface area contributed by atoms with Gasteiger partial charge >= 0.3 is 5.97 Å². The normalized spacial score (nSPS) is 11.6. The van der Waals surface area contributed by atoms with E-state index in [1.54, 1.807) is 0 Å². The Balaban J connectivity index is 2.66. The highest BCUT2D eigenvalue weighted by Gasteiger charge is 2.10. The molecule has 0 saturated heterocycles. The summed E-state index contributed by atoms with van der Waals surface area (Å²) in [5.41, 5.74) is 0.122. The number of carboxylic acids is 1. The zero-order valence-corrected chi connectivity index (χ0v) is 9.31. The maximum atomic E-state index is 10.9. The second-order valence-corrected chi connectivity index (χ2v) is 4.93. The van der Waals surface area contributed by atoms with Gasteiger partial charge in [0.2, 0.25) is 0 Å². The van der Waals surface area contributed by atoms with Crippen LogP contribution in [0.1, 0.15) is 10.4 Å². The maximum Gasteiger partial charge on any atom is 0.335 e. The molecule has 0 heterocycles. The second-order valence-electron chi connectivity index (χ2n) is 3.50. The van der Waals surface area contributed by atoms with Crippen LogP contribution < -0.4 is 0 Å². The van der Waals surface area contributed by atoms with Gasteiger partial charge in [0.05, 0.1) is 10.5 Å². The number of benzene rings is 2. The van der Waals surface area contributed by atoms with Crippen LogP contribution in [0.15, 0.2) is 41.3 Å².